The van der Waals surface area contributed by atoms with Crippen LogP contribution in [0.25, 0.3) is 0 Å². The first-order valence-corrected chi connectivity index (χ1v) is 12.1. The number of nitrogens with one attached hydrogen (secondary N) is 1. The lowest BCUT2D eigenvalue weighted by atomic mass is 10.3. The SMILES string of the molecule is O=C(COc1ccc(S(=O)(=O)N2CCOCC2)cc1)Nc1ccc(N=Nc2ccccc2)cc1. The van der Waals surface area contributed by atoms with Gasteiger partial charge >= 0.3 is 0 Å². The summed E-state index contributed by atoms with van der Waals surface area (Å²) in [5.41, 5.74) is 2.01. The first-order chi connectivity index (χ1) is 16.5. The number of hydrogen-bond donors (Lipinski definition) is 1. The summed E-state index contributed by atoms with van der Waals surface area (Å²) in [7, 11) is -3.57. The molecule has 3 aromatic rings. The summed E-state index contributed by atoms with van der Waals surface area (Å²) in [6.07, 6.45) is 0. The van der Waals surface area contributed by atoms with Gasteiger partial charge in [0.2, 0.25) is 10.0 Å². The fourth-order valence-electron chi connectivity index (χ4n) is 3.21. The average molecular weight is 481 g/mol. The lowest BCUT2D eigenvalue weighted by Gasteiger charge is -2.26. The Kier molecular flexibility index (Phi) is 7.63. The minimum absolute atomic E-state index is 0.177. The second-order valence-corrected chi connectivity index (χ2v) is 9.35. The van der Waals surface area contributed by atoms with E-state index >= 15 is 0 Å². The van der Waals surface area contributed by atoms with Crippen molar-refractivity contribution in [1.82, 2.24) is 4.31 Å². The number of morpholine rings is 1. The molecule has 1 aliphatic heterocycles. The Morgan fingerprint density at radius 1 is 0.882 bits per heavy atom. The van der Waals surface area contributed by atoms with Gasteiger partial charge in [-0.2, -0.15) is 14.5 Å². The number of sulfonamides is 1. The number of rotatable bonds is 8. The zero-order valence-electron chi connectivity index (χ0n) is 18.3. The van der Waals surface area contributed by atoms with Crippen molar-refractivity contribution in [3.05, 3.63) is 78.9 Å². The molecule has 0 radical (unpaired) electrons. The van der Waals surface area contributed by atoms with Crippen LogP contribution in [0.4, 0.5) is 17.1 Å². The van der Waals surface area contributed by atoms with Crippen LogP contribution in [0.1, 0.15) is 0 Å². The Hall–Kier alpha value is -3.60. The van der Waals surface area contributed by atoms with E-state index in [0.29, 0.717) is 43.4 Å². The molecule has 1 saturated heterocycles. The summed E-state index contributed by atoms with van der Waals surface area (Å²) in [6.45, 7) is 1.21. The molecule has 1 N–H and O–H groups in total. The van der Waals surface area contributed by atoms with Gasteiger partial charge < -0.3 is 14.8 Å². The van der Waals surface area contributed by atoms with Gasteiger partial charge in [0.05, 0.1) is 29.5 Å². The van der Waals surface area contributed by atoms with E-state index in [9.17, 15) is 13.2 Å². The van der Waals surface area contributed by atoms with E-state index in [0.717, 1.165) is 5.69 Å². The van der Waals surface area contributed by atoms with Crippen molar-refractivity contribution in [2.45, 2.75) is 4.90 Å². The van der Waals surface area contributed by atoms with E-state index in [2.05, 4.69) is 15.5 Å². The highest BCUT2D eigenvalue weighted by atomic mass is 32.2. The minimum Gasteiger partial charge on any atom is -0.484 e. The number of anilines is 1. The third-order valence-electron chi connectivity index (χ3n) is 4.99. The third kappa shape index (κ3) is 6.25. The number of carbonyl (C=O) groups excluding carboxylic acids is 1. The molecule has 0 atom stereocenters. The number of amides is 1. The van der Waals surface area contributed by atoms with Gasteiger partial charge in [-0.1, -0.05) is 18.2 Å². The number of nitrogens with zero attached hydrogens (tertiary/aromatic N) is 3. The highest BCUT2D eigenvalue weighted by molar-refractivity contribution is 7.89. The molecule has 1 aliphatic rings. The molecule has 0 aromatic heterocycles. The number of carbonyl (C=O) groups is 1. The van der Waals surface area contributed by atoms with Crippen molar-refractivity contribution >= 4 is 33.0 Å². The van der Waals surface area contributed by atoms with Crippen molar-refractivity contribution in [1.29, 1.82) is 0 Å². The predicted molar refractivity (Wildman–Crippen MR) is 127 cm³/mol. The lowest BCUT2D eigenvalue weighted by Crippen LogP contribution is -2.40. The molecule has 1 amide bonds. The standard InChI is InChI=1S/C24H24N4O5S/c29-24(25-19-6-8-21(9-7-19)27-26-20-4-2-1-3-5-20)18-33-22-10-12-23(13-11-22)34(30,31)28-14-16-32-17-15-28/h1-13H,14-18H2,(H,25,29). The molecule has 9 nitrogen and oxygen atoms in total. The van der Waals surface area contributed by atoms with Crippen LogP contribution in [0.3, 0.4) is 0 Å². The van der Waals surface area contributed by atoms with Crippen molar-refractivity contribution < 1.29 is 22.7 Å². The highest BCUT2D eigenvalue weighted by Gasteiger charge is 2.26. The van der Waals surface area contributed by atoms with Crippen LogP contribution in [0.5, 0.6) is 5.75 Å². The average Bonchev–Trinajstić information content (AvgIpc) is 2.88. The summed E-state index contributed by atoms with van der Waals surface area (Å²) in [6, 6.07) is 22.4. The summed E-state index contributed by atoms with van der Waals surface area (Å²) >= 11 is 0. The normalized spacial score (nSPS) is 14.7. The number of benzene rings is 3. The molecule has 4 rings (SSSR count). The van der Waals surface area contributed by atoms with Crippen LogP contribution < -0.4 is 10.1 Å². The van der Waals surface area contributed by atoms with Crippen LogP contribution in [0.2, 0.25) is 0 Å². The van der Waals surface area contributed by atoms with Gasteiger partial charge in [0.15, 0.2) is 6.61 Å². The van der Waals surface area contributed by atoms with Gasteiger partial charge in [-0.05, 0) is 60.7 Å². The Morgan fingerprint density at radius 3 is 2.15 bits per heavy atom. The molecule has 0 spiro atoms. The van der Waals surface area contributed by atoms with Crippen molar-refractivity contribution in [2.75, 3.05) is 38.2 Å². The van der Waals surface area contributed by atoms with Gasteiger partial charge in [-0.25, -0.2) is 8.42 Å². The molecule has 0 bridgehead atoms. The Morgan fingerprint density at radius 2 is 1.50 bits per heavy atom. The maximum Gasteiger partial charge on any atom is 0.262 e. The van der Waals surface area contributed by atoms with Crippen molar-refractivity contribution in [3.8, 4) is 5.75 Å². The highest BCUT2D eigenvalue weighted by Crippen LogP contribution is 2.22. The van der Waals surface area contributed by atoms with E-state index in [4.69, 9.17) is 9.47 Å². The summed E-state index contributed by atoms with van der Waals surface area (Å²) in [5, 5.41) is 11.1. The quantitative estimate of drug-likeness (QED) is 0.487. The van der Waals surface area contributed by atoms with E-state index < -0.39 is 10.0 Å². The van der Waals surface area contributed by atoms with Gasteiger partial charge in [-0.15, -0.1) is 0 Å². The molecular weight excluding hydrogens is 456 g/mol. The van der Waals surface area contributed by atoms with Crippen LogP contribution in [-0.2, 0) is 19.6 Å². The van der Waals surface area contributed by atoms with Gasteiger partial charge in [0.1, 0.15) is 5.75 Å². The van der Waals surface area contributed by atoms with E-state index in [1.807, 2.05) is 30.3 Å². The molecule has 0 saturated carbocycles. The van der Waals surface area contributed by atoms with Crippen LogP contribution >= 0.6 is 0 Å². The fourth-order valence-corrected chi connectivity index (χ4v) is 4.62. The second-order valence-electron chi connectivity index (χ2n) is 7.41. The number of ether oxygens (including phenoxy) is 2. The van der Waals surface area contributed by atoms with Crippen LogP contribution in [0, 0.1) is 0 Å². The zero-order valence-corrected chi connectivity index (χ0v) is 19.1. The molecule has 0 aliphatic carbocycles. The van der Waals surface area contributed by atoms with E-state index in [1.165, 1.54) is 28.6 Å². The molecule has 176 valence electrons. The summed E-state index contributed by atoms with van der Waals surface area (Å²) in [5.74, 6) is 0.0522. The first-order valence-electron chi connectivity index (χ1n) is 10.7. The molecule has 34 heavy (non-hydrogen) atoms. The van der Waals surface area contributed by atoms with Crippen LogP contribution in [0.15, 0.2) is 94.0 Å². The van der Waals surface area contributed by atoms with Crippen LogP contribution in [-0.4, -0.2) is 51.5 Å². The smallest absolute Gasteiger partial charge is 0.262 e. The Balaban J connectivity index is 1.27. The van der Waals surface area contributed by atoms with E-state index in [1.54, 1.807) is 24.3 Å². The van der Waals surface area contributed by atoms with E-state index in [-0.39, 0.29) is 17.4 Å². The number of azo groups is 1. The maximum absolute atomic E-state index is 12.7. The summed E-state index contributed by atoms with van der Waals surface area (Å²) in [4.78, 5) is 12.4. The topological polar surface area (TPSA) is 110 Å². The first kappa shape index (κ1) is 23.6. The monoisotopic (exact) mass is 480 g/mol. The minimum atomic E-state index is -3.57. The van der Waals surface area contributed by atoms with Gasteiger partial charge in [0.25, 0.3) is 5.91 Å². The second kappa shape index (κ2) is 11.0. The Labute approximate surface area is 198 Å². The summed E-state index contributed by atoms with van der Waals surface area (Å²) < 4.78 is 37.4. The molecular formula is C24H24N4O5S. The Bertz CT molecular complexity index is 1220. The predicted octanol–water partition coefficient (Wildman–Crippen LogP) is 4.14. The van der Waals surface area contributed by atoms with Gasteiger partial charge in [0, 0.05) is 18.8 Å². The fraction of sp³-hybridized carbons (Fsp3) is 0.208. The molecule has 1 fully saturated rings. The third-order valence-corrected chi connectivity index (χ3v) is 6.90. The molecule has 0 unspecified atom stereocenters. The molecule has 10 heteroatoms. The molecule has 1 heterocycles. The van der Waals surface area contributed by atoms with Crippen molar-refractivity contribution in [3.63, 3.8) is 0 Å². The largest absolute Gasteiger partial charge is 0.484 e. The number of hydrogen-bond acceptors (Lipinski definition) is 7. The lowest BCUT2D eigenvalue weighted by molar-refractivity contribution is -0.118. The zero-order chi connectivity index (χ0) is 23.8. The van der Waals surface area contributed by atoms with Gasteiger partial charge in [-0.3, -0.25) is 4.79 Å². The molecule has 3 aromatic carbocycles. The van der Waals surface area contributed by atoms with Crippen molar-refractivity contribution in [2.24, 2.45) is 10.2 Å². The maximum atomic E-state index is 12.7.